The van der Waals surface area contributed by atoms with Gasteiger partial charge in [0.25, 0.3) is 0 Å². The number of hydrogen-bond acceptors (Lipinski definition) is 2. The minimum atomic E-state index is 0.618. The van der Waals surface area contributed by atoms with E-state index in [1.165, 1.54) is 38.8 Å². The molecule has 4 heteroatoms. The minimum Gasteiger partial charge on any atom is -0.303 e. The van der Waals surface area contributed by atoms with Crippen molar-refractivity contribution in [1.82, 2.24) is 4.90 Å². The molecule has 0 radical (unpaired) electrons. The second-order valence-corrected chi connectivity index (χ2v) is 4.00. The Hall–Kier alpha value is -0.730. The lowest BCUT2D eigenvalue weighted by Gasteiger charge is -2.18. The van der Waals surface area contributed by atoms with E-state index in [-0.39, 0.29) is 0 Å². The van der Waals surface area contributed by atoms with E-state index in [0.29, 0.717) is 6.54 Å². The number of azide groups is 1. The van der Waals surface area contributed by atoms with Gasteiger partial charge in [-0.15, -0.1) is 0 Å². The quantitative estimate of drug-likeness (QED) is 0.387. The molecular formula is C10H20N4. The molecule has 1 saturated heterocycles. The lowest BCUT2D eigenvalue weighted by molar-refractivity contribution is 0.288. The van der Waals surface area contributed by atoms with E-state index in [0.717, 1.165) is 12.5 Å². The molecule has 0 aliphatic carbocycles. The van der Waals surface area contributed by atoms with Crippen LogP contribution in [0.1, 0.15) is 32.6 Å². The third-order valence-electron chi connectivity index (χ3n) is 3.10. The van der Waals surface area contributed by atoms with E-state index in [4.69, 9.17) is 5.53 Å². The molecule has 1 heterocycles. The highest BCUT2D eigenvalue weighted by Crippen LogP contribution is 2.19. The monoisotopic (exact) mass is 196 g/mol. The van der Waals surface area contributed by atoms with Crippen LogP contribution in [0.3, 0.4) is 0 Å². The minimum absolute atomic E-state index is 0.618. The van der Waals surface area contributed by atoms with Crippen LogP contribution in [-0.4, -0.2) is 31.1 Å². The first-order valence-corrected chi connectivity index (χ1v) is 5.60. The predicted molar refractivity (Wildman–Crippen MR) is 58.1 cm³/mol. The second-order valence-electron chi connectivity index (χ2n) is 4.00. The van der Waals surface area contributed by atoms with Crippen molar-refractivity contribution in [3.8, 4) is 0 Å². The van der Waals surface area contributed by atoms with Crippen molar-refractivity contribution < 1.29 is 0 Å². The maximum absolute atomic E-state index is 8.17. The van der Waals surface area contributed by atoms with Gasteiger partial charge in [0.1, 0.15) is 0 Å². The Morgan fingerprint density at radius 2 is 2.29 bits per heavy atom. The molecule has 0 amide bonds. The molecule has 1 unspecified atom stereocenters. The van der Waals surface area contributed by atoms with Gasteiger partial charge >= 0.3 is 0 Å². The van der Waals surface area contributed by atoms with Crippen LogP contribution in [0, 0.1) is 5.92 Å². The zero-order valence-electron chi connectivity index (χ0n) is 9.02. The fourth-order valence-electron chi connectivity index (χ4n) is 2.09. The number of rotatable bonds is 4. The third-order valence-corrected chi connectivity index (χ3v) is 3.10. The van der Waals surface area contributed by atoms with Crippen molar-refractivity contribution in [1.29, 1.82) is 0 Å². The molecular weight excluding hydrogens is 176 g/mol. The zero-order valence-corrected chi connectivity index (χ0v) is 9.02. The summed E-state index contributed by atoms with van der Waals surface area (Å²) in [5.41, 5.74) is 8.17. The maximum Gasteiger partial charge on any atom is 0.0385 e. The molecule has 0 aromatic carbocycles. The molecule has 80 valence electrons. The fraction of sp³-hybridized carbons (Fsp3) is 1.00. The second kappa shape index (κ2) is 6.68. The van der Waals surface area contributed by atoms with E-state index in [1.807, 2.05) is 0 Å². The molecule has 0 spiro atoms. The first-order chi connectivity index (χ1) is 6.86. The summed E-state index contributed by atoms with van der Waals surface area (Å²) in [5.74, 6) is 0.916. The van der Waals surface area contributed by atoms with Gasteiger partial charge in [0.2, 0.25) is 0 Å². The highest BCUT2D eigenvalue weighted by Gasteiger charge is 2.14. The van der Waals surface area contributed by atoms with Crippen LogP contribution < -0.4 is 0 Å². The zero-order chi connectivity index (χ0) is 10.2. The van der Waals surface area contributed by atoms with Crippen molar-refractivity contribution in [3.05, 3.63) is 10.4 Å². The number of nitrogens with zero attached hydrogens (tertiary/aromatic N) is 4. The van der Waals surface area contributed by atoms with Gasteiger partial charge < -0.3 is 4.90 Å². The Morgan fingerprint density at radius 1 is 1.43 bits per heavy atom. The fourth-order valence-corrected chi connectivity index (χ4v) is 2.09. The van der Waals surface area contributed by atoms with Crippen LogP contribution in [0.4, 0.5) is 0 Å². The van der Waals surface area contributed by atoms with E-state index in [9.17, 15) is 0 Å². The average Bonchev–Trinajstić information content (AvgIpc) is 2.43. The summed E-state index contributed by atoms with van der Waals surface area (Å²) in [6.07, 6.45) is 5.29. The third kappa shape index (κ3) is 3.99. The van der Waals surface area contributed by atoms with Gasteiger partial charge in [-0.1, -0.05) is 18.5 Å². The topological polar surface area (TPSA) is 52.0 Å². The van der Waals surface area contributed by atoms with E-state index < -0.39 is 0 Å². The van der Waals surface area contributed by atoms with Crippen molar-refractivity contribution in [2.75, 3.05) is 26.2 Å². The Bertz CT molecular complexity index is 198. The Kier molecular flexibility index (Phi) is 5.42. The van der Waals surface area contributed by atoms with Crippen LogP contribution in [0.5, 0.6) is 0 Å². The van der Waals surface area contributed by atoms with Gasteiger partial charge in [0, 0.05) is 18.0 Å². The van der Waals surface area contributed by atoms with E-state index >= 15 is 0 Å². The highest BCUT2D eigenvalue weighted by molar-refractivity contribution is 4.69. The molecule has 0 aromatic heterocycles. The molecule has 0 aromatic rings. The molecule has 0 bridgehead atoms. The SMILES string of the molecule is CCC1CCCN(CCN=[N+]=[N-])CC1. The Morgan fingerprint density at radius 3 is 3.00 bits per heavy atom. The van der Waals surface area contributed by atoms with Gasteiger partial charge in [-0.05, 0) is 43.8 Å². The first-order valence-electron chi connectivity index (χ1n) is 5.60. The van der Waals surface area contributed by atoms with Gasteiger partial charge in [0.05, 0.1) is 0 Å². The average molecular weight is 196 g/mol. The first kappa shape index (κ1) is 11.3. The normalized spacial score (nSPS) is 23.9. The van der Waals surface area contributed by atoms with Gasteiger partial charge in [-0.2, -0.15) is 0 Å². The van der Waals surface area contributed by atoms with E-state index in [2.05, 4.69) is 21.8 Å². The Balaban J connectivity index is 2.23. The number of hydrogen-bond donors (Lipinski definition) is 0. The molecule has 1 rings (SSSR count). The van der Waals surface area contributed by atoms with Crippen LogP contribution in [0.25, 0.3) is 10.4 Å². The standard InChI is InChI=1S/C10H20N4/c1-2-10-4-3-7-14(8-5-10)9-6-12-13-11/h10H,2-9H2,1H3. The van der Waals surface area contributed by atoms with Gasteiger partial charge in [-0.25, -0.2) is 0 Å². The summed E-state index contributed by atoms with van der Waals surface area (Å²) in [4.78, 5) is 5.19. The van der Waals surface area contributed by atoms with Crippen molar-refractivity contribution in [2.45, 2.75) is 32.6 Å². The van der Waals surface area contributed by atoms with Crippen molar-refractivity contribution in [3.63, 3.8) is 0 Å². The predicted octanol–water partition coefficient (Wildman–Crippen LogP) is 2.81. The van der Waals surface area contributed by atoms with Crippen LogP contribution in [0.2, 0.25) is 0 Å². The molecule has 1 atom stereocenters. The molecule has 4 nitrogen and oxygen atoms in total. The van der Waals surface area contributed by atoms with Crippen LogP contribution in [0.15, 0.2) is 5.11 Å². The molecule has 1 aliphatic heterocycles. The number of likely N-dealkylation sites (tertiary alicyclic amines) is 1. The van der Waals surface area contributed by atoms with Crippen molar-refractivity contribution >= 4 is 0 Å². The largest absolute Gasteiger partial charge is 0.303 e. The van der Waals surface area contributed by atoms with Gasteiger partial charge in [-0.3, -0.25) is 0 Å². The summed E-state index contributed by atoms with van der Waals surface area (Å²) < 4.78 is 0. The summed E-state index contributed by atoms with van der Waals surface area (Å²) in [6, 6.07) is 0. The summed E-state index contributed by atoms with van der Waals surface area (Å²) in [6.45, 7) is 6.19. The Labute approximate surface area is 85.9 Å². The van der Waals surface area contributed by atoms with E-state index in [1.54, 1.807) is 0 Å². The lowest BCUT2D eigenvalue weighted by atomic mass is 9.98. The summed E-state index contributed by atoms with van der Waals surface area (Å²) in [5, 5.41) is 3.57. The molecule has 14 heavy (non-hydrogen) atoms. The maximum atomic E-state index is 8.17. The summed E-state index contributed by atoms with van der Waals surface area (Å²) >= 11 is 0. The molecule has 0 N–H and O–H groups in total. The van der Waals surface area contributed by atoms with Gasteiger partial charge in [0.15, 0.2) is 0 Å². The van der Waals surface area contributed by atoms with Crippen LogP contribution >= 0.6 is 0 Å². The lowest BCUT2D eigenvalue weighted by Crippen LogP contribution is -2.27. The van der Waals surface area contributed by atoms with Crippen LogP contribution in [-0.2, 0) is 0 Å². The highest BCUT2D eigenvalue weighted by atomic mass is 15.2. The molecule has 0 saturated carbocycles. The summed E-state index contributed by atoms with van der Waals surface area (Å²) in [7, 11) is 0. The smallest absolute Gasteiger partial charge is 0.0385 e. The molecule has 1 fully saturated rings. The molecule has 1 aliphatic rings. The van der Waals surface area contributed by atoms with Crippen molar-refractivity contribution in [2.24, 2.45) is 11.0 Å².